The zero-order chi connectivity index (χ0) is 12.4. The van der Waals surface area contributed by atoms with Crippen LogP contribution < -0.4 is 10.0 Å². The maximum Gasteiger partial charge on any atom is 0.215 e. The summed E-state index contributed by atoms with van der Waals surface area (Å²) in [4.78, 5) is 0. The Morgan fingerprint density at radius 1 is 1.41 bits per heavy atom. The summed E-state index contributed by atoms with van der Waals surface area (Å²) in [7, 11) is -3.11. The van der Waals surface area contributed by atoms with Gasteiger partial charge in [0.05, 0.1) is 5.25 Å². The molecule has 1 saturated heterocycles. The third kappa shape index (κ3) is 3.42. The molecule has 2 aliphatic rings. The minimum atomic E-state index is -3.11. The van der Waals surface area contributed by atoms with E-state index in [9.17, 15) is 8.42 Å². The van der Waals surface area contributed by atoms with Crippen LogP contribution >= 0.6 is 0 Å². The van der Waals surface area contributed by atoms with Crippen molar-refractivity contribution in [2.75, 3.05) is 19.6 Å². The maximum atomic E-state index is 12.1. The van der Waals surface area contributed by atoms with Crippen LogP contribution in [0.15, 0.2) is 0 Å². The number of hydrogen-bond donors (Lipinski definition) is 2. The summed E-state index contributed by atoms with van der Waals surface area (Å²) < 4.78 is 27.1. The van der Waals surface area contributed by atoms with E-state index in [-0.39, 0.29) is 5.25 Å². The zero-order valence-corrected chi connectivity index (χ0v) is 11.5. The van der Waals surface area contributed by atoms with Crippen molar-refractivity contribution < 1.29 is 8.42 Å². The number of sulfonamides is 1. The van der Waals surface area contributed by atoms with Crippen LogP contribution in [0.2, 0.25) is 0 Å². The van der Waals surface area contributed by atoms with Gasteiger partial charge in [0.1, 0.15) is 0 Å². The molecule has 2 fully saturated rings. The van der Waals surface area contributed by atoms with Gasteiger partial charge in [-0.15, -0.1) is 0 Å². The van der Waals surface area contributed by atoms with E-state index in [1.54, 1.807) is 0 Å². The van der Waals surface area contributed by atoms with Crippen LogP contribution in [0, 0.1) is 5.41 Å². The van der Waals surface area contributed by atoms with Gasteiger partial charge in [0.15, 0.2) is 0 Å². The molecule has 2 N–H and O–H groups in total. The smallest absolute Gasteiger partial charge is 0.215 e. The average Bonchev–Trinajstić information content (AvgIpc) is 3.09. The largest absolute Gasteiger partial charge is 0.315 e. The van der Waals surface area contributed by atoms with Crippen molar-refractivity contribution in [3.8, 4) is 0 Å². The van der Waals surface area contributed by atoms with Crippen molar-refractivity contribution in [1.82, 2.24) is 10.0 Å². The van der Waals surface area contributed by atoms with Crippen molar-refractivity contribution in [2.24, 2.45) is 5.41 Å². The molecule has 1 atom stereocenters. The Balaban J connectivity index is 1.84. The first-order valence-corrected chi connectivity index (χ1v) is 8.32. The number of rotatable bonds is 6. The van der Waals surface area contributed by atoms with E-state index in [1.807, 2.05) is 0 Å². The summed E-state index contributed by atoms with van der Waals surface area (Å²) >= 11 is 0. The molecule has 17 heavy (non-hydrogen) atoms. The van der Waals surface area contributed by atoms with Crippen LogP contribution in [0.5, 0.6) is 0 Å². The van der Waals surface area contributed by atoms with E-state index in [2.05, 4.69) is 17.0 Å². The quantitative estimate of drug-likeness (QED) is 0.755. The zero-order valence-electron chi connectivity index (χ0n) is 10.7. The number of piperidine rings is 1. The van der Waals surface area contributed by atoms with E-state index in [1.165, 1.54) is 12.8 Å². The monoisotopic (exact) mass is 260 g/mol. The van der Waals surface area contributed by atoms with Crippen LogP contribution in [0.1, 0.15) is 45.4 Å². The topological polar surface area (TPSA) is 58.2 Å². The summed E-state index contributed by atoms with van der Waals surface area (Å²) in [5, 5.41) is 2.93. The molecular formula is C12H24N2O2S. The third-order valence-electron chi connectivity index (χ3n) is 4.08. The normalized spacial score (nSPS) is 27.9. The molecular weight excluding hydrogens is 236 g/mol. The predicted octanol–water partition coefficient (Wildman–Crippen LogP) is 1.24. The minimum absolute atomic E-state index is 0.228. The van der Waals surface area contributed by atoms with Gasteiger partial charge >= 0.3 is 0 Å². The van der Waals surface area contributed by atoms with Crippen molar-refractivity contribution >= 4 is 10.0 Å². The van der Waals surface area contributed by atoms with Gasteiger partial charge in [-0.3, -0.25) is 0 Å². The van der Waals surface area contributed by atoms with E-state index >= 15 is 0 Å². The molecule has 0 aromatic carbocycles. The van der Waals surface area contributed by atoms with Crippen LogP contribution in [0.3, 0.4) is 0 Å². The molecule has 0 aromatic heterocycles. The molecule has 1 aliphatic heterocycles. The minimum Gasteiger partial charge on any atom is -0.315 e. The molecule has 0 radical (unpaired) electrons. The van der Waals surface area contributed by atoms with Crippen molar-refractivity contribution in [2.45, 2.75) is 50.7 Å². The van der Waals surface area contributed by atoms with Crippen LogP contribution in [0.4, 0.5) is 0 Å². The second kappa shape index (κ2) is 5.24. The van der Waals surface area contributed by atoms with Crippen LogP contribution in [0.25, 0.3) is 0 Å². The average molecular weight is 260 g/mol. The van der Waals surface area contributed by atoms with Crippen molar-refractivity contribution in [3.05, 3.63) is 0 Å². The molecule has 0 aromatic rings. The van der Waals surface area contributed by atoms with Gasteiger partial charge in [-0.2, -0.15) is 0 Å². The van der Waals surface area contributed by atoms with E-state index in [0.29, 0.717) is 18.5 Å². The van der Waals surface area contributed by atoms with Crippen molar-refractivity contribution in [1.29, 1.82) is 0 Å². The Bertz CT molecular complexity index is 344. The highest BCUT2D eigenvalue weighted by atomic mass is 32.2. The summed E-state index contributed by atoms with van der Waals surface area (Å²) in [5.41, 5.74) is 0.296. The lowest BCUT2D eigenvalue weighted by molar-refractivity contribution is 0.440. The molecule has 0 amide bonds. The van der Waals surface area contributed by atoms with E-state index < -0.39 is 10.0 Å². The molecule has 1 unspecified atom stereocenters. The molecule has 0 spiro atoms. The molecule has 0 bridgehead atoms. The first-order chi connectivity index (χ1) is 8.08. The second-order valence-electron chi connectivity index (χ2n) is 5.58. The molecule has 1 heterocycles. The summed E-state index contributed by atoms with van der Waals surface area (Å²) in [5.74, 6) is 0. The highest BCUT2D eigenvalue weighted by Crippen LogP contribution is 2.49. The highest BCUT2D eigenvalue weighted by Gasteiger charge is 2.42. The van der Waals surface area contributed by atoms with Crippen molar-refractivity contribution in [3.63, 3.8) is 0 Å². The van der Waals surface area contributed by atoms with Gasteiger partial charge in [-0.25, -0.2) is 13.1 Å². The van der Waals surface area contributed by atoms with Crippen LogP contribution in [-0.2, 0) is 10.0 Å². The first-order valence-electron chi connectivity index (χ1n) is 6.77. The lowest BCUT2D eigenvalue weighted by Gasteiger charge is -2.24. The highest BCUT2D eigenvalue weighted by molar-refractivity contribution is 7.90. The Morgan fingerprint density at radius 2 is 2.18 bits per heavy atom. The molecule has 4 nitrogen and oxygen atoms in total. The van der Waals surface area contributed by atoms with E-state index in [0.717, 1.165) is 32.2 Å². The Morgan fingerprint density at radius 3 is 2.71 bits per heavy atom. The molecule has 1 saturated carbocycles. The fraction of sp³-hybridized carbons (Fsp3) is 1.00. The second-order valence-corrected chi connectivity index (χ2v) is 7.63. The summed E-state index contributed by atoms with van der Waals surface area (Å²) in [6, 6.07) is 0. The first kappa shape index (κ1) is 13.3. The third-order valence-corrected chi connectivity index (χ3v) is 5.90. The van der Waals surface area contributed by atoms with Gasteiger partial charge in [-0.1, -0.05) is 13.3 Å². The lowest BCUT2D eigenvalue weighted by atomic mass is 10.0. The number of nitrogens with one attached hydrogen (secondary N) is 2. The van der Waals surface area contributed by atoms with Gasteiger partial charge in [0.25, 0.3) is 0 Å². The SMILES string of the molecule is CCCC1(CNS(=O)(=O)C2CCCNC2)CC1. The Labute approximate surface area is 105 Å². The standard InChI is InChI=1S/C12H24N2O2S/c1-2-5-12(6-7-12)10-14-17(15,16)11-4-3-8-13-9-11/h11,13-14H,2-10H2,1H3. The molecule has 5 heteroatoms. The maximum absolute atomic E-state index is 12.1. The molecule has 2 rings (SSSR count). The molecule has 100 valence electrons. The Hall–Kier alpha value is -0.130. The predicted molar refractivity (Wildman–Crippen MR) is 69.4 cm³/mol. The summed E-state index contributed by atoms with van der Waals surface area (Å²) in [6.07, 6.45) is 6.43. The lowest BCUT2D eigenvalue weighted by Crippen LogP contribution is -2.45. The fourth-order valence-electron chi connectivity index (χ4n) is 2.68. The van der Waals surface area contributed by atoms with E-state index in [4.69, 9.17) is 0 Å². The van der Waals surface area contributed by atoms with Crippen LogP contribution in [-0.4, -0.2) is 33.3 Å². The summed E-state index contributed by atoms with van der Waals surface area (Å²) in [6.45, 7) is 4.38. The molecule has 1 aliphatic carbocycles. The van der Waals surface area contributed by atoms with Gasteiger partial charge < -0.3 is 5.32 Å². The Kier molecular flexibility index (Phi) is 4.10. The van der Waals surface area contributed by atoms with Gasteiger partial charge in [0, 0.05) is 13.1 Å². The number of hydrogen-bond acceptors (Lipinski definition) is 3. The van der Waals surface area contributed by atoms with Gasteiger partial charge in [0.2, 0.25) is 10.0 Å². The van der Waals surface area contributed by atoms with Gasteiger partial charge in [-0.05, 0) is 44.1 Å². The fourth-order valence-corrected chi connectivity index (χ4v) is 4.24.